The summed E-state index contributed by atoms with van der Waals surface area (Å²) in [4.78, 5) is 20.0. The van der Waals surface area contributed by atoms with Crippen molar-refractivity contribution in [2.45, 2.75) is 37.1 Å². The van der Waals surface area contributed by atoms with E-state index in [0.29, 0.717) is 12.2 Å². The average molecular weight is 418 g/mol. The molecule has 6 heteroatoms. The third kappa shape index (κ3) is 4.36. The molecule has 162 valence electrons. The Balaban J connectivity index is 1.43. The maximum Gasteiger partial charge on any atom is 0.268 e. The van der Waals surface area contributed by atoms with Gasteiger partial charge in [0, 0.05) is 43.5 Å². The first-order valence-electron chi connectivity index (χ1n) is 11.4. The molecule has 1 aromatic carbocycles. The smallest absolute Gasteiger partial charge is 0.268 e. The van der Waals surface area contributed by atoms with E-state index < -0.39 is 0 Å². The lowest BCUT2D eigenvalue weighted by atomic mass is 9.75. The summed E-state index contributed by atoms with van der Waals surface area (Å²) in [7, 11) is 0. The first-order valence-corrected chi connectivity index (χ1v) is 11.4. The number of carbonyl (C=O) groups is 1. The second-order valence-electron chi connectivity index (χ2n) is 9.33. The number of pyridine rings is 1. The summed E-state index contributed by atoms with van der Waals surface area (Å²) in [6.07, 6.45) is 8.28. The predicted octanol–water partition coefficient (Wildman–Crippen LogP) is 2.84. The zero-order chi connectivity index (χ0) is 21.3. The largest absolute Gasteiger partial charge is 0.350 e. The molecule has 5 rings (SSSR count). The SMILES string of the molecule is NC1CCN(CC(CNC(=O)c2cccc3nccn23)(CC2CC2)c2ccccc2)C1. The number of rotatable bonds is 8. The molecule has 3 N–H and O–H groups in total. The summed E-state index contributed by atoms with van der Waals surface area (Å²) in [6, 6.07) is 16.6. The highest BCUT2D eigenvalue weighted by molar-refractivity contribution is 5.93. The Bertz CT molecular complexity index is 1040. The van der Waals surface area contributed by atoms with Crippen molar-refractivity contribution >= 4 is 11.6 Å². The lowest BCUT2D eigenvalue weighted by Gasteiger charge is -2.38. The highest BCUT2D eigenvalue weighted by Crippen LogP contribution is 2.42. The third-order valence-electron chi connectivity index (χ3n) is 6.85. The zero-order valence-electron chi connectivity index (χ0n) is 17.9. The summed E-state index contributed by atoms with van der Waals surface area (Å²) in [5, 5.41) is 3.29. The number of imidazole rings is 1. The lowest BCUT2D eigenvalue weighted by Crippen LogP contribution is -2.49. The van der Waals surface area contributed by atoms with Crippen molar-refractivity contribution in [1.29, 1.82) is 0 Å². The van der Waals surface area contributed by atoms with Crippen LogP contribution in [0.15, 0.2) is 60.9 Å². The van der Waals surface area contributed by atoms with Crippen molar-refractivity contribution in [3.8, 4) is 0 Å². The second-order valence-corrected chi connectivity index (χ2v) is 9.33. The number of nitrogens with one attached hydrogen (secondary N) is 1. The highest BCUT2D eigenvalue weighted by Gasteiger charge is 2.41. The molecular formula is C25H31N5O. The molecule has 1 aliphatic carbocycles. The number of likely N-dealkylation sites (tertiary alicyclic amines) is 1. The Labute approximate surface area is 183 Å². The van der Waals surface area contributed by atoms with Crippen LogP contribution in [0.25, 0.3) is 5.65 Å². The fourth-order valence-electron chi connectivity index (χ4n) is 5.08. The van der Waals surface area contributed by atoms with E-state index in [1.807, 2.05) is 28.8 Å². The fourth-order valence-corrected chi connectivity index (χ4v) is 5.08. The molecule has 3 heterocycles. The Kier molecular flexibility index (Phi) is 5.50. The maximum absolute atomic E-state index is 13.2. The summed E-state index contributed by atoms with van der Waals surface area (Å²) in [5.41, 5.74) is 8.81. The first kappa shape index (κ1) is 20.2. The third-order valence-corrected chi connectivity index (χ3v) is 6.85. The van der Waals surface area contributed by atoms with Gasteiger partial charge in [-0.05, 0) is 43.0 Å². The van der Waals surface area contributed by atoms with Gasteiger partial charge in [0.05, 0.1) is 0 Å². The van der Waals surface area contributed by atoms with Gasteiger partial charge in [-0.3, -0.25) is 9.20 Å². The zero-order valence-corrected chi connectivity index (χ0v) is 17.9. The molecule has 1 amide bonds. The summed E-state index contributed by atoms with van der Waals surface area (Å²) in [6.45, 7) is 3.50. The molecular weight excluding hydrogens is 386 g/mol. The Morgan fingerprint density at radius 1 is 1.13 bits per heavy atom. The standard InChI is InChI=1S/C25H31N5O/c26-21-11-13-29(16-21)18-25(15-19-9-10-19,20-5-2-1-3-6-20)17-28-24(31)22-7-4-8-23-27-12-14-30(22)23/h1-8,12,14,19,21H,9-11,13,15-18,26H2,(H,28,31). The van der Waals surface area contributed by atoms with Crippen LogP contribution in [0.2, 0.25) is 0 Å². The van der Waals surface area contributed by atoms with Crippen LogP contribution < -0.4 is 11.1 Å². The van der Waals surface area contributed by atoms with Gasteiger partial charge < -0.3 is 16.0 Å². The van der Waals surface area contributed by atoms with E-state index in [2.05, 4.69) is 45.5 Å². The van der Waals surface area contributed by atoms with Crippen LogP contribution >= 0.6 is 0 Å². The van der Waals surface area contributed by atoms with Gasteiger partial charge in [0.25, 0.3) is 5.91 Å². The van der Waals surface area contributed by atoms with Crippen molar-refractivity contribution in [2.24, 2.45) is 11.7 Å². The van der Waals surface area contributed by atoms with E-state index in [4.69, 9.17) is 5.73 Å². The Morgan fingerprint density at radius 3 is 2.71 bits per heavy atom. The van der Waals surface area contributed by atoms with E-state index in [-0.39, 0.29) is 17.4 Å². The van der Waals surface area contributed by atoms with Gasteiger partial charge in [-0.1, -0.05) is 49.2 Å². The molecule has 1 aliphatic heterocycles. The van der Waals surface area contributed by atoms with Crippen LogP contribution in [0, 0.1) is 5.92 Å². The molecule has 1 saturated heterocycles. The number of aromatic nitrogens is 2. The van der Waals surface area contributed by atoms with E-state index >= 15 is 0 Å². The average Bonchev–Trinajstić information content (AvgIpc) is 3.29. The van der Waals surface area contributed by atoms with Gasteiger partial charge in [-0.25, -0.2) is 4.98 Å². The topological polar surface area (TPSA) is 75.7 Å². The molecule has 1 saturated carbocycles. The molecule has 0 spiro atoms. The molecule has 31 heavy (non-hydrogen) atoms. The Morgan fingerprint density at radius 2 is 1.97 bits per heavy atom. The quantitative estimate of drug-likeness (QED) is 0.591. The van der Waals surface area contributed by atoms with Gasteiger partial charge in [-0.15, -0.1) is 0 Å². The normalized spacial score (nSPS) is 21.3. The number of nitrogens with zero attached hydrogens (tertiary/aromatic N) is 3. The Hall–Kier alpha value is -2.70. The summed E-state index contributed by atoms with van der Waals surface area (Å²) >= 11 is 0. The van der Waals surface area contributed by atoms with E-state index in [1.165, 1.54) is 18.4 Å². The van der Waals surface area contributed by atoms with Crippen LogP contribution in [0.4, 0.5) is 0 Å². The molecule has 2 unspecified atom stereocenters. The van der Waals surface area contributed by atoms with E-state index in [0.717, 1.165) is 44.0 Å². The van der Waals surface area contributed by atoms with Crippen LogP contribution in [0.3, 0.4) is 0 Å². The van der Waals surface area contributed by atoms with Crippen molar-refractivity contribution in [1.82, 2.24) is 19.6 Å². The monoisotopic (exact) mass is 417 g/mol. The second kappa shape index (κ2) is 8.44. The predicted molar refractivity (Wildman–Crippen MR) is 122 cm³/mol. The van der Waals surface area contributed by atoms with Gasteiger partial charge in [0.15, 0.2) is 0 Å². The number of benzene rings is 1. The molecule has 3 aromatic rings. The highest BCUT2D eigenvalue weighted by atomic mass is 16.1. The molecule has 0 radical (unpaired) electrons. The van der Waals surface area contributed by atoms with Gasteiger partial charge in [-0.2, -0.15) is 0 Å². The number of amides is 1. The number of hydrogen-bond donors (Lipinski definition) is 2. The van der Waals surface area contributed by atoms with Crippen molar-refractivity contribution in [3.05, 3.63) is 72.2 Å². The van der Waals surface area contributed by atoms with Gasteiger partial charge >= 0.3 is 0 Å². The summed E-state index contributed by atoms with van der Waals surface area (Å²) in [5.74, 6) is 0.684. The van der Waals surface area contributed by atoms with Crippen LogP contribution in [0.1, 0.15) is 41.7 Å². The van der Waals surface area contributed by atoms with Gasteiger partial charge in [0.2, 0.25) is 0 Å². The molecule has 2 fully saturated rings. The number of fused-ring (bicyclic) bond motifs is 1. The van der Waals surface area contributed by atoms with Crippen molar-refractivity contribution in [2.75, 3.05) is 26.2 Å². The first-order chi connectivity index (χ1) is 15.1. The number of hydrogen-bond acceptors (Lipinski definition) is 4. The molecule has 6 nitrogen and oxygen atoms in total. The molecule has 2 aliphatic rings. The van der Waals surface area contributed by atoms with Crippen LogP contribution in [0.5, 0.6) is 0 Å². The van der Waals surface area contributed by atoms with E-state index in [9.17, 15) is 4.79 Å². The van der Waals surface area contributed by atoms with Crippen molar-refractivity contribution < 1.29 is 4.79 Å². The van der Waals surface area contributed by atoms with Crippen LogP contribution in [-0.4, -0.2) is 52.4 Å². The summed E-state index contributed by atoms with van der Waals surface area (Å²) < 4.78 is 1.85. The number of carbonyl (C=O) groups excluding carboxylic acids is 1. The van der Waals surface area contributed by atoms with Crippen LogP contribution in [-0.2, 0) is 5.41 Å². The van der Waals surface area contributed by atoms with Crippen molar-refractivity contribution in [3.63, 3.8) is 0 Å². The molecule has 0 bridgehead atoms. The number of nitrogens with two attached hydrogens (primary N) is 1. The minimum atomic E-state index is -0.120. The molecule has 2 atom stereocenters. The minimum Gasteiger partial charge on any atom is -0.350 e. The minimum absolute atomic E-state index is 0.0576. The van der Waals surface area contributed by atoms with Gasteiger partial charge in [0.1, 0.15) is 11.3 Å². The lowest BCUT2D eigenvalue weighted by molar-refractivity contribution is 0.0926. The molecule has 2 aromatic heterocycles. The van der Waals surface area contributed by atoms with E-state index in [1.54, 1.807) is 6.20 Å². The fraction of sp³-hybridized carbons (Fsp3) is 0.440. The maximum atomic E-state index is 13.2.